The molecule has 0 spiro atoms. The topological polar surface area (TPSA) is 50.6 Å². The molecule has 196 valence electrons. The number of anilines is 1. The Kier molecular flexibility index (Phi) is 8.57. The van der Waals surface area contributed by atoms with Crippen LogP contribution in [0.4, 0.5) is 5.69 Å². The largest absolute Gasteiger partial charge is 0.486 e. The molecule has 1 aliphatic carbocycles. The average Bonchev–Trinajstić information content (AvgIpc) is 2.95. The third-order valence-corrected chi connectivity index (χ3v) is 7.96. The van der Waals surface area contributed by atoms with E-state index in [1.165, 1.54) is 47.9 Å². The molecule has 0 unspecified atom stereocenters. The number of ether oxygens (including phenoxy) is 1. The highest BCUT2D eigenvalue weighted by molar-refractivity contribution is 5.57. The van der Waals surface area contributed by atoms with Crippen LogP contribution in [0.2, 0.25) is 0 Å². The predicted octanol–water partition coefficient (Wildman–Crippen LogP) is 5.25. The monoisotopic (exact) mass is 500 g/mol. The molecule has 2 fully saturated rings. The minimum atomic E-state index is -0.172. The third kappa shape index (κ3) is 6.61. The van der Waals surface area contributed by atoms with Gasteiger partial charge in [0.2, 0.25) is 5.75 Å². The van der Waals surface area contributed by atoms with Gasteiger partial charge in [-0.1, -0.05) is 80.1 Å². The first-order chi connectivity index (χ1) is 18.2. The molecule has 0 amide bonds. The third-order valence-electron chi connectivity index (χ3n) is 7.96. The van der Waals surface area contributed by atoms with Gasteiger partial charge in [-0.15, -0.1) is 0 Å². The van der Waals surface area contributed by atoms with Crippen molar-refractivity contribution in [2.75, 3.05) is 44.2 Å². The Bertz CT molecular complexity index is 1180. The summed E-state index contributed by atoms with van der Waals surface area (Å²) in [5.74, 6) is 1.16. The second-order valence-corrected chi connectivity index (χ2v) is 10.6. The van der Waals surface area contributed by atoms with Crippen LogP contribution in [0.25, 0.3) is 5.69 Å². The molecule has 2 aliphatic rings. The first-order valence-electron chi connectivity index (χ1n) is 14.0. The van der Waals surface area contributed by atoms with Gasteiger partial charge in [-0.3, -0.25) is 9.69 Å². The van der Waals surface area contributed by atoms with Crippen molar-refractivity contribution in [3.8, 4) is 11.4 Å². The number of nitrogens with zero attached hydrogens (tertiary/aromatic N) is 4. The molecule has 0 N–H and O–H groups in total. The maximum absolute atomic E-state index is 13.6. The molecular weight excluding hydrogens is 460 g/mol. The first kappa shape index (κ1) is 25.5. The number of piperazine rings is 1. The van der Waals surface area contributed by atoms with Crippen LogP contribution in [0.3, 0.4) is 0 Å². The van der Waals surface area contributed by atoms with Gasteiger partial charge in [-0.25, -0.2) is 0 Å². The number of benzene rings is 2. The summed E-state index contributed by atoms with van der Waals surface area (Å²) in [6, 6.07) is 18.5. The van der Waals surface area contributed by atoms with Crippen LogP contribution in [0.1, 0.15) is 49.7 Å². The molecule has 5 rings (SSSR count). The Hall–Kier alpha value is -3.12. The summed E-state index contributed by atoms with van der Waals surface area (Å²) in [6.45, 7) is 7.43. The van der Waals surface area contributed by atoms with Crippen molar-refractivity contribution in [3.63, 3.8) is 0 Å². The van der Waals surface area contributed by atoms with E-state index in [2.05, 4.69) is 46.1 Å². The Morgan fingerprint density at radius 2 is 1.65 bits per heavy atom. The standard InChI is InChI=1S/C31H40N4O2/c1-25-12-14-27(15-13-25)16-18-33-19-21-34(22-20-33)29-24-32-35(28-10-6-3-7-11-28)31(36)30(29)37-23-17-26-8-4-2-5-9-26/h3,6-7,10-15,24,26H,2,4-5,8-9,16-23H2,1H3. The van der Waals surface area contributed by atoms with Gasteiger partial charge in [-0.05, 0) is 43.4 Å². The Labute approximate surface area is 220 Å². The van der Waals surface area contributed by atoms with Gasteiger partial charge in [-0.2, -0.15) is 9.78 Å². The lowest BCUT2D eigenvalue weighted by Gasteiger charge is -2.36. The summed E-state index contributed by atoms with van der Waals surface area (Å²) < 4.78 is 7.77. The normalized spacial score (nSPS) is 17.2. The maximum atomic E-state index is 13.6. The molecule has 1 aromatic heterocycles. The number of hydrogen-bond donors (Lipinski definition) is 0. The average molecular weight is 501 g/mol. The van der Waals surface area contributed by atoms with Gasteiger partial charge < -0.3 is 9.64 Å². The maximum Gasteiger partial charge on any atom is 0.316 e. The van der Waals surface area contributed by atoms with E-state index in [1.807, 2.05) is 36.5 Å². The first-order valence-corrected chi connectivity index (χ1v) is 14.0. The molecule has 1 saturated carbocycles. The summed E-state index contributed by atoms with van der Waals surface area (Å²) in [5.41, 5.74) is 4.11. The molecule has 2 heterocycles. The van der Waals surface area contributed by atoms with Gasteiger partial charge in [0, 0.05) is 32.7 Å². The molecule has 3 aromatic rings. The number of aryl methyl sites for hydroxylation is 1. The summed E-state index contributed by atoms with van der Waals surface area (Å²) in [7, 11) is 0. The van der Waals surface area contributed by atoms with Crippen molar-refractivity contribution < 1.29 is 4.74 Å². The number of rotatable bonds is 9. The van der Waals surface area contributed by atoms with Crippen molar-refractivity contribution in [1.82, 2.24) is 14.7 Å². The molecule has 1 aliphatic heterocycles. The molecule has 2 aromatic carbocycles. The Morgan fingerprint density at radius 1 is 0.919 bits per heavy atom. The Morgan fingerprint density at radius 3 is 2.38 bits per heavy atom. The second-order valence-electron chi connectivity index (χ2n) is 10.6. The van der Waals surface area contributed by atoms with E-state index in [-0.39, 0.29) is 5.56 Å². The van der Waals surface area contributed by atoms with Crippen LogP contribution in [-0.2, 0) is 6.42 Å². The lowest BCUT2D eigenvalue weighted by Crippen LogP contribution is -2.47. The van der Waals surface area contributed by atoms with E-state index < -0.39 is 0 Å². The van der Waals surface area contributed by atoms with Gasteiger partial charge in [0.1, 0.15) is 5.69 Å². The fourth-order valence-corrected chi connectivity index (χ4v) is 5.60. The quantitative estimate of drug-likeness (QED) is 0.401. The van der Waals surface area contributed by atoms with Crippen LogP contribution < -0.4 is 15.2 Å². The van der Waals surface area contributed by atoms with Gasteiger partial charge in [0.15, 0.2) is 0 Å². The predicted molar refractivity (Wildman–Crippen MR) is 150 cm³/mol. The fraction of sp³-hybridized carbons (Fsp3) is 0.484. The minimum absolute atomic E-state index is 0.172. The van der Waals surface area contributed by atoms with Crippen molar-refractivity contribution >= 4 is 5.69 Å². The highest BCUT2D eigenvalue weighted by Gasteiger charge is 2.24. The van der Waals surface area contributed by atoms with E-state index in [4.69, 9.17) is 4.74 Å². The molecule has 1 saturated heterocycles. The van der Waals surface area contributed by atoms with Gasteiger partial charge >= 0.3 is 5.56 Å². The second kappa shape index (κ2) is 12.4. The van der Waals surface area contributed by atoms with Crippen molar-refractivity contribution in [1.29, 1.82) is 0 Å². The van der Waals surface area contributed by atoms with Crippen molar-refractivity contribution in [2.24, 2.45) is 5.92 Å². The smallest absolute Gasteiger partial charge is 0.316 e. The van der Waals surface area contributed by atoms with E-state index >= 15 is 0 Å². The molecule has 0 atom stereocenters. The lowest BCUT2D eigenvalue weighted by molar-refractivity contribution is 0.240. The van der Waals surface area contributed by atoms with Crippen molar-refractivity contribution in [2.45, 2.75) is 51.9 Å². The van der Waals surface area contributed by atoms with Gasteiger partial charge in [0.05, 0.1) is 18.5 Å². The molecule has 0 bridgehead atoms. The zero-order valence-corrected chi connectivity index (χ0v) is 22.1. The number of hydrogen-bond acceptors (Lipinski definition) is 5. The zero-order valence-electron chi connectivity index (χ0n) is 22.1. The SMILES string of the molecule is Cc1ccc(CCN2CCN(c3cnn(-c4ccccc4)c(=O)c3OCCC3CCCCC3)CC2)cc1. The van der Waals surface area contributed by atoms with E-state index in [9.17, 15) is 4.79 Å². The van der Waals surface area contributed by atoms with Crippen LogP contribution >= 0.6 is 0 Å². The van der Waals surface area contributed by atoms with Crippen LogP contribution in [0, 0.1) is 12.8 Å². The van der Waals surface area contributed by atoms with E-state index in [0.29, 0.717) is 18.3 Å². The summed E-state index contributed by atoms with van der Waals surface area (Å²) in [6.07, 6.45) is 10.5. The molecule has 6 nitrogen and oxygen atoms in total. The Balaban J connectivity index is 1.27. The molecule has 6 heteroatoms. The van der Waals surface area contributed by atoms with E-state index in [0.717, 1.165) is 56.9 Å². The highest BCUT2D eigenvalue weighted by Crippen LogP contribution is 2.29. The van der Waals surface area contributed by atoms with Crippen LogP contribution in [0.5, 0.6) is 5.75 Å². The summed E-state index contributed by atoms with van der Waals surface area (Å²) in [5, 5.41) is 4.55. The number of aromatic nitrogens is 2. The van der Waals surface area contributed by atoms with Crippen LogP contribution in [0.15, 0.2) is 65.6 Å². The fourth-order valence-electron chi connectivity index (χ4n) is 5.60. The van der Waals surface area contributed by atoms with Crippen LogP contribution in [-0.4, -0.2) is 54.0 Å². The van der Waals surface area contributed by atoms with E-state index in [1.54, 1.807) is 0 Å². The molecule has 0 radical (unpaired) electrons. The number of para-hydroxylation sites is 1. The summed E-state index contributed by atoms with van der Waals surface area (Å²) in [4.78, 5) is 18.4. The lowest BCUT2D eigenvalue weighted by atomic mass is 9.87. The molecular formula is C31H40N4O2. The zero-order chi connectivity index (χ0) is 25.5. The minimum Gasteiger partial charge on any atom is -0.486 e. The highest BCUT2D eigenvalue weighted by atomic mass is 16.5. The van der Waals surface area contributed by atoms with Crippen molar-refractivity contribution in [3.05, 3.63) is 82.3 Å². The van der Waals surface area contributed by atoms with Gasteiger partial charge in [0.25, 0.3) is 0 Å². The molecule has 37 heavy (non-hydrogen) atoms. The summed E-state index contributed by atoms with van der Waals surface area (Å²) >= 11 is 0.